The zero-order valence-electron chi connectivity index (χ0n) is 43.3. The van der Waals surface area contributed by atoms with Crippen LogP contribution >= 0.6 is 115 Å². The summed E-state index contributed by atoms with van der Waals surface area (Å²) in [6, 6.07) is 0. The Kier molecular flexibility index (Phi) is 22.2. The van der Waals surface area contributed by atoms with Gasteiger partial charge in [-0.1, -0.05) is 13.8 Å². The van der Waals surface area contributed by atoms with Crippen molar-refractivity contribution in [2.75, 3.05) is 79.3 Å². The third-order valence-corrected chi connectivity index (χ3v) is 43.7. The molecule has 72 heavy (non-hydrogen) atoms. The first-order valence-electron chi connectivity index (χ1n) is 23.5. The Morgan fingerprint density at radius 2 is 0.500 bits per heavy atom. The Morgan fingerprint density at radius 1 is 0.333 bits per heavy atom. The third kappa shape index (κ3) is 18.4. The molecule has 6 aliphatic rings. The van der Waals surface area contributed by atoms with Crippen LogP contribution < -0.4 is 0 Å². The van der Waals surface area contributed by atoms with Gasteiger partial charge in [-0.15, -0.1) is 0 Å². The summed E-state index contributed by atoms with van der Waals surface area (Å²) >= 11 is 46.3. The fraction of sp³-hybridized carbons (Fsp3) is 0.857. The molecular formula is C42H74O12P6S12. The van der Waals surface area contributed by atoms with E-state index in [2.05, 4.69) is 83.1 Å². The van der Waals surface area contributed by atoms with Crippen LogP contribution in [0.4, 0.5) is 0 Å². The Labute approximate surface area is 486 Å². The Hall–Kier alpha value is 4.87. The second-order valence-corrected chi connectivity index (χ2v) is 62.5. The van der Waals surface area contributed by atoms with Gasteiger partial charge in [0, 0.05) is 0 Å². The second kappa shape index (κ2) is 24.8. The molecule has 0 aromatic heterocycles. The van der Waals surface area contributed by atoms with Crippen LogP contribution in [-0.2, 0) is 148 Å². The molecular weight excluding hydrogens is 1270 g/mol. The summed E-state index contributed by atoms with van der Waals surface area (Å²) in [5.74, 6) is 2.87. The molecule has 0 atom stereocenters. The van der Waals surface area contributed by atoms with Gasteiger partial charge < -0.3 is 0 Å². The molecule has 6 aliphatic heterocycles. The van der Waals surface area contributed by atoms with Crippen LogP contribution in [0.2, 0.25) is 0 Å². The number of hydrogen-bond acceptors (Lipinski definition) is 24. The van der Waals surface area contributed by atoms with Gasteiger partial charge in [-0.25, -0.2) is 0 Å². The van der Waals surface area contributed by atoms with Crippen LogP contribution in [0.3, 0.4) is 0 Å². The van der Waals surface area contributed by atoms with Crippen LogP contribution in [0.25, 0.3) is 0 Å². The van der Waals surface area contributed by atoms with E-state index in [-0.39, 0.29) is 32.5 Å². The van der Waals surface area contributed by atoms with Gasteiger partial charge in [0.15, 0.2) is 0 Å². The van der Waals surface area contributed by atoms with E-state index in [0.717, 1.165) is 33.4 Å². The van der Waals surface area contributed by atoms with Crippen molar-refractivity contribution in [3.05, 3.63) is 33.4 Å². The number of rotatable bonds is 18. The average molecular weight is 1340 g/mol. The zero-order chi connectivity index (χ0) is 52.9. The number of thiol groups is 1. The normalized spacial score (nSPS) is 28.6. The van der Waals surface area contributed by atoms with Gasteiger partial charge in [-0.05, 0) is 0 Å². The van der Waals surface area contributed by atoms with Crippen molar-refractivity contribution in [2.24, 2.45) is 32.5 Å². The predicted octanol–water partition coefficient (Wildman–Crippen LogP) is 17.0. The molecule has 1 aromatic carbocycles. The first-order chi connectivity index (χ1) is 33.1. The van der Waals surface area contributed by atoms with E-state index >= 15 is 0 Å². The molecule has 0 saturated carbocycles. The van der Waals surface area contributed by atoms with E-state index in [1.54, 1.807) is 68.3 Å². The number of benzene rings is 1. The summed E-state index contributed by atoms with van der Waals surface area (Å²) in [6.07, 6.45) is -3.06. The minimum atomic E-state index is -3.06. The third-order valence-electron chi connectivity index (χ3n) is 11.8. The standard InChI is InChI=1S/C42H74O12P6S12/c1-37(2)19-43-55(61,44-20-37)67-13-31-32(14-68-56(62)45-21-38(3,4)22-46-56)34(16-70-58(64)49-25-40(7,8)26-50-58)36(18-72-60(66)53-29-42(11,12)30-54-60)35(17-71-59(65)51-27-41(9,10)28-52-59)33(31)15-69-57(63)47-23-39(5,6)24-48-57/h55,61H,13-30H2,1-12H3. The summed E-state index contributed by atoms with van der Waals surface area (Å²) in [5.41, 5.74) is -8.44. The fourth-order valence-electron chi connectivity index (χ4n) is 7.06. The topological polar surface area (TPSA) is 111 Å². The molecule has 7 rings (SSSR count). The summed E-state index contributed by atoms with van der Waals surface area (Å²) in [4.78, 5) is 0. The van der Waals surface area contributed by atoms with Crippen molar-refractivity contribution in [2.45, 2.75) is 118 Å². The van der Waals surface area contributed by atoms with Gasteiger partial charge in [0.25, 0.3) is 0 Å². The van der Waals surface area contributed by atoms with E-state index in [9.17, 15) is 0 Å². The Morgan fingerprint density at radius 3 is 0.694 bits per heavy atom. The van der Waals surface area contributed by atoms with Crippen LogP contribution in [0, 0.1) is 32.5 Å². The molecule has 6 saturated heterocycles. The molecule has 6 fully saturated rings. The van der Waals surface area contributed by atoms with Gasteiger partial charge in [0.1, 0.15) is 0 Å². The van der Waals surface area contributed by atoms with E-state index < -0.39 is 34.6 Å². The van der Waals surface area contributed by atoms with Gasteiger partial charge in [0.05, 0.1) is 0 Å². The van der Waals surface area contributed by atoms with E-state index in [1.165, 1.54) is 0 Å². The van der Waals surface area contributed by atoms with Crippen LogP contribution in [0.5, 0.6) is 0 Å². The van der Waals surface area contributed by atoms with Gasteiger partial charge in [0.2, 0.25) is 0 Å². The van der Waals surface area contributed by atoms with Gasteiger partial charge in [-0.3, -0.25) is 0 Å². The monoisotopic (exact) mass is 1340 g/mol. The molecule has 416 valence electrons. The second-order valence-electron chi connectivity index (χ2n) is 23.6. The fourth-order valence-corrected chi connectivity index (χ4v) is 33.4. The maximum absolute atomic E-state index is 6.59. The Balaban J connectivity index is 1.43. The molecule has 0 unspecified atom stereocenters. The van der Waals surface area contributed by atoms with Crippen molar-refractivity contribution < 1.29 is 54.3 Å². The van der Waals surface area contributed by atoms with Crippen LogP contribution in [0.15, 0.2) is 0 Å². The van der Waals surface area contributed by atoms with Gasteiger partial charge in [-0.2, -0.15) is 0 Å². The molecule has 0 aliphatic carbocycles. The molecule has 6 heterocycles. The van der Waals surface area contributed by atoms with Crippen molar-refractivity contribution in [1.29, 1.82) is 0 Å². The SMILES string of the molecule is CC1(C)COP(=S)(SCc2c(CSP3(=S)OCC(C)(C)CO3)c(CSP3(=S)OCC(C)(C)CO3)c(CS[PH]3(S)OCC(C)(C)CO3)c(CSP3(=S)OCC(C)(C)CO3)c2CSP2(=S)OCC(C)(C)CO2)OC1. The van der Waals surface area contributed by atoms with Gasteiger partial charge >= 0.3 is 477 Å². The molecule has 12 nitrogen and oxygen atoms in total. The average Bonchev–Trinajstić information content (AvgIpc) is 3.30. The first-order valence-corrected chi connectivity index (χ1v) is 49.5. The summed E-state index contributed by atoms with van der Waals surface area (Å²) in [6.45, 7) is 31.7. The Bertz CT molecular complexity index is 2210. The minimum absolute atomic E-state index is 0.140. The van der Waals surface area contributed by atoms with Crippen molar-refractivity contribution >= 4 is 174 Å². The quantitative estimate of drug-likeness (QED) is 0.111. The van der Waals surface area contributed by atoms with Crippen molar-refractivity contribution in [1.82, 2.24) is 0 Å². The molecule has 1 aromatic rings. The summed E-state index contributed by atoms with van der Waals surface area (Å²) < 4.78 is 78.4. The summed E-state index contributed by atoms with van der Waals surface area (Å²) in [5, 5.41) is 0. The van der Waals surface area contributed by atoms with Crippen molar-refractivity contribution in [3.8, 4) is 0 Å². The summed E-state index contributed by atoms with van der Waals surface area (Å²) in [7, 11) is 0. The molecule has 30 heteroatoms. The first kappa shape index (κ1) is 64.4. The van der Waals surface area contributed by atoms with E-state index in [0.29, 0.717) is 114 Å². The molecule has 0 amide bonds. The molecule has 0 spiro atoms. The molecule has 0 N–H and O–H groups in total. The van der Waals surface area contributed by atoms with Crippen molar-refractivity contribution in [3.63, 3.8) is 0 Å². The van der Waals surface area contributed by atoms with E-state index in [1.807, 2.05) is 0 Å². The maximum atomic E-state index is 6.59. The van der Waals surface area contributed by atoms with E-state index in [4.69, 9.17) is 126 Å². The van der Waals surface area contributed by atoms with Crippen LogP contribution in [0.1, 0.15) is 116 Å². The number of hydrogen-bond donors (Lipinski definition) is 1. The predicted molar refractivity (Wildman–Crippen MR) is 337 cm³/mol. The zero-order valence-corrected chi connectivity index (χ0v) is 58.6. The molecule has 0 bridgehead atoms. The van der Waals surface area contributed by atoms with Crippen LogP contribution in [-0.4, -0.2) is 79.3 Å². The molecule has 0 radical (unpaired) electrons.